The Kier molecular flexibility index (Phi) is 2.30. The number of aliphatic hydroxyl groups excluding tert-OH is 1. The van der Waals surface area contributed by atoms with Crippen LogP contribution in [0.25, 0.3) is 0 Å². The van der Waals surface area contributed by atoms with Crippen LogP contribution < -0.4 is 0 Å². The van der Waals surface area contributed by atoms with Crippen LogP contribution >= 0.6 is 0 Å². The molecule has 1 aliphatic rings. The zero-order valence-corrected chi connectivity index (χ0v) is 6.39. The third-order valence-corrected chi connectivity index (χ3v) is 3.40. The van der Waals surface area contributed by atoms with E-state index >= 15 is 0 Å². The lowest BCUT2D eigenvalue weighted by Gasteiger charge is -2.18. The van der Waals surface area contributed by atoms with Gasteiger partial charge in [0.2, 0.25) is 0 Å². The summed E-state index contributed by atoms with van der Waals surface area (Å²) in [6, 6.07) is 1.03. The molecule has 2 nitrogen and oxygen atoms in total. The van der Waals surface area contributed by atoms with Crippen LogP contribution in [-0.2, 0) is 4.43 Å². The van der Waals surface area contributed by atoms with Gasteiger partial charge in [0.05, 0.1) is 5.38 Å². The first-order valence-electron chi connectivity index (χ1n) is 3.17. The summed E-state index contributed by atoms with van der Waals surface area (Å²) in [5, 5.41) is 9.18. The van der Waals surface area contributed by atoms with Crippen LogP contribution in [0, 0.1) is 0 Å². The minimum Gasteiger partial charge on any atom is -0.515 e. The molecular weight excluding hydrogens is 132 g/mol. The lowest BCUT2D eigenvalue weighted by molar-refractivity contribution is 0.276. The minimum absolute atomic E-state index is 0.278. The molecule has 1 radical (unpaired) electrons. The van der Waals surface area contributed by atoms with Gasteiger partial charge in [-0.2, -0.15) is 0 Å². The number of aliphatic hydroxyl groups is 1. The Morgan fingerprint density at radius 2 is 2.33 bits per heavy atom. The van der Waals surface area contributed by atoms with Gasteiger partial charge >= 0.3 is 0 Å². The predicted molar refractivity (Wildman–Crippen MR) is 37.5 cm³/mol. The van der Waals surface area contributed by atoms with Crippen LogP contribution in [0.1, 0.15) is 12.8 Å². The fourth-order valence-corrected chi connectivity index (χ4v) is 2.44. The summed E-state index contributed by atoms with van der Waals surface area (Å²) in [4.78, 5) is 0. The van der Waals surface area contributed by atoms with E-state index < -0.39 is 9.04 Å². The fourth-order valence-electron chi connectivity index (χ4n) is 0.883. The average molecular weight is 143 g/mol. The third-order valence-electron chi connectivity index (χ3n) is 1.40. The highest BCUT2D eigenvalue weighted by molar-refractivity contribution is 6.59. The van der Waals surface area contributed by atoms with Crippen molar-refractivity contribution in [3.63, 3.8) is 0 Å². The van der Waals surface area contributed by atoms with Crippen molar-refractivity contribution in [2.24, 2.45) is 0 Å². The molecule has 0 spiro atoms. The summed E-state index contributed by atoms with van der Waals surface area (Å²) in [6.07, 6.45) is 2.33. The number of rotatable bonds is 1. The van der Waals surface area contributed by atoms with Gasteiger partial charge in [0.15, 0.2) is 0 Å². The van der Waals surface area contributed by atoms with Crippen LogP contribution in [0.3, 0.4) is 0 Å². The highest BCUT2D eigenvalue weighted by Gasteiger charge is 2.19. The normalized spacial score (nSPS) is 21.8. The Labute approximate surface area is 56.9 Å². The summed E-state index contributed by atoms with van der Waals surface area (Å²) in [5.74, 6) is 0. The SMILES string of the molecule is C=C(O)[Si]1CCCCO1. The average Bonchev–Trinajstić information content (AvgIpc) is 1.90. The maximum Gasteiger partial charge on any atom is 0.287 e. The van der Waals surface area contributed by atoms with Crippen LogP contribution in [0.5, 0.6) is 0 Å². The third kappa shape index (κ3) is 1.84. The molecule has 0 unspecified atom stereocenters. The second-order valence-electron chi connectivity index (χ2n) is 2.18. The van der Waals surface area contributed by atoms with E-state index in [0.29, 0.717) is 0 Å². The van der Waals surface area contributed by atoms with Crippen LogP contribution in [0.4, 0.5) is 0 Å². The standard InChI is InChI=1S/C6H11O2Si/c1-6(7)9-5-3-2-4-8-9/h7H,1-5H2. The van der Waals surface area contributed by atoms with E-state index in [1.165, 1.54) is 6.42 Å². The van der Waals surface area contributed by atoms with Gasteiger partial charge in [-0.1, -0.05) is 13.0 Å². The Morgan fingerprint density at radius 3 is 2.67 bits per heavy atom. The van der Waals surface area contributed by atoms with E-state index in [9.17, 15) is 0 Å². The molecule has 0 amide bonds. The second-order valence-corrected chi connectivity index (χ2v) is 4.39. The molecule has 1 N–H and O–H groups in total. The maximum atomic E-state index is 8.90. The molecule has 1 fully saturated rings. The highest BCUT2D eigenvalue weighted by atomic mass is 28.3. The van der Waals surface area contributed by atoms with Gasteiger partial charge in [-0.05, 0) is 12.5 Å². The monoisotopic (exact) mass is 143 g/mol. The molecule has 9 heavy (non-hydrogen) atoms. The van der Waals surface area contributed by atoms with Gasteiger partial charge in [-0.25, -0.2) is 0 Å². The first-order chi connectivity index (χ1) is 4.30. The summed E-state index contributed by atoms with van der Waals surface area (Å²) in [7, 11) is -1.00. The molecule has 0 aliphatic carbocycles. The van der Waals surface area contributed by atoms with Crippen molar-refractivity contribution in [2.45, 2.75) is 18.9 Å². The van der Waals surface area contributed by atoms with Gasteiger partial charge < -0.3 is 9.53 Å². The summed E-state index contributed by atoms with van der Waals surface area (Å²) >= 11 is 0. The molecule has 0 aromatic carbocycles. The maximum absolute atomic E-state index is 8.90. The van der Waals surface area contributed by atoms with Crippen LogP contribution in [-0.4, -0.2) is 20.8 Å². The number of hydrogen-bond acceptors (Lipinski definition) is 2. The first-order valence-corrected chi connectivity index (χ1v) is 4.79. The van der Waals surface area contributed by atoms with Crippen molar-refractivity contribution in [1.29, 1.82) is 0 Å². The molecule has 0 saturated carbocycles. The van der Waals surface area contributed by atoms with Crippen molar-refractivity contribution < 1.29 is 9.53 Å². The molecule has 51 valence electrons. The predicted octanol–water partition coefficient (Wildman–Crippen LogP) is 1.40. The Morgan fingerprint density at radius 1 is 1.56 bits per heavy atom. The van der Waals surface area contributed by atoms with Gasteiger partial charge in [-0.15, -0.1) is 0 Å². The molecule has 3 heteroatoms. The Hall–Kier alpha value is -0.283. The Balaban J connectivity index is 2.31. The van der Waals surface area contributed by atoms with Crippen molar-refractivity contribution in [2.75, 3.05) is 6.61 Å². The topological polar surface area (TPSA) is 29.5 Å². The zero-order valence-electron chi connectivity index (χ0n) is 5.39. The lowest BCUT2D eigenvalue weighted by atomic mass is 10.4. The Bertz CT molecular complexity index is 108. The van der Waals surface area contributed by atoms with Crippen molar-refractivity contribution >= 4 is 9.04 Å². The van der Waals surface area contributed by atoms with E-state index in [0.717, 1.165) is 19.1 Å². The van der Waals surface area contributed by atoms with E-state index in [2.05, 4.69) is 6.58 Å². The fraction of sp³-hybridized carbons (Fsp3) is 0.667. The molecule has 0 bridgehead atoms. The molecule has 1 rings (SSSR count). The summed E-state index contributed by atoms with van der Waals surface area (Å²) < 4.78 is 5.29. The second kappa shape index (κ2) is 3.03. The van der Waals surface area contributed by atoms with Crippen molar-refractivity contribution in [1.82, 2.24) is 0 Å². The van der Waals surface area contributed by atoms with Crippen LogP contribution in [0.15, 0.2) is 12.0 Å². The number of hydrogen-bond donors (Lipinski definition) is 1. The molecule has 0 aromatic rings. The molecule has 0 aromatic heterocycles. The molecule has 0 atom stereocenters. The van der Waals surface area contributed by atoms with Crippen LogP contribution in [0.2, 0.25) is 6.04 Å². The van der Waals surface area contributed by atoms with Gasteiger partial charge in [0, 0.05) is 6.61 Å². The van der Waals surface area contributed by atoms with E-state index in [1.807, 2.05) is 0 Å². The molecule has 1 aliphatic heterocycles. The summed E-state index contributed by atoms with van der Waals surface area (Å²) in [5.41, 5.74) is 0. The molecule has 1 saturated heterocycles. The van der Waals surface area contributed by atoms with Crippen molar-refractivity contribution in [3.8, 4) is 0 Å². The van der Waals surface area contributed by atoms with Gasteiger partial charge in [0.25, 0.3) is 9.04 Å². The first kappa shape index (κ1) is 6.83. The van der Waals surface area contributed by atoms with Gasteiger partial charge in [0.1, 0.15) is 0 Å². The summed E-state index contributed by atoms with van der Waals surface area (Å²) in [6.45, 7) is 4.27. The highest BCUT2D eigenvalue weighted by Crippen LogP contribution is 2.13. The lowest BCUT2D eigenvalue weighted by Crippen LogP contribution is -2.25. The minimum atomic E-state index is -1.00. The van der Waals surface area contributed by atoms with E-state index in [-0.39, 0.29) is 5.38 Å². The van der Waals surface area contributed by atoms with E-state index in [1.54, 1.807) is 0 Å². The quantitative estimate of drug-likeness (QED) is 0.444. The zero-order chi connectivity index (χ0) is 6.69. The van der Waals surface area contributed by atoms with E-state index in [4.69, 9.17) is 9.53 Å². The smallest absolute Gasteiger partial charge is 0.287 e. The van der Waals surface area contributed by atoms with Gasteiger partial charge in [-0.3, -0.25) is 0 Å². The largest absolute Gasteiger partial charge is 0.515 e. The molecule has 1 heterocycles. The molecular formula is C6H11O2Si. The van der Waals surface area contributed by atoms with Crippen molar-refractivity contribution in [3.05, 3.63) is 12.0 Å².